The molecule has 0 fully saturated rings. The molecule has 0 unspecified atom stereocenters. The minimum absolute atomic E-state index is 0. The average molecular weight is 158 g/mol. The Morgan fingerprint density at radius 2 is 1.14 bits per heavy atom. The molecule has 0 radical (unpaired) electrons. The van der Waals surface area contributed by atoms with Gasteiger partial charge in [0.15, 0.2) is 0 Å². The molecule has 0 rings (SSSR count). The Bertz CT molecular complexity index is 91.2. The Morgan fingerprint density at radius 1 is 1.14 bits per heavy atom. The van der Waals surface area contributed by atoms with Gasteiger partial charge in [0.2, 0.25) is 0 Å². The van der Waals surface area contributed by atoms with Gasteiger partial charge in [-0.15, -0.1) is 0 Å². The van der Waals surface area contributed by atoms with Gasteiger partial charge in [-0.3, -0.25) is 0 Å². The van der Waals surface area contributed by atoms with Crippen LogP contribution in [0, 0.1) is 0 Å². The second kappa shape index (κ2) is 4.93. The molecule has 5 nitrogen and oxygen atoms in total. The SMILES string of the molecule is [Mg+2].[O-2].[O]=[Cr](=[O])([OH])[OH]. The van der Waals surface area contributed by atoms with Gasteiger partial charge in [0.05, 0.1) is 0 Å². The molecule has 2 N–H and O–H groups in total. The van der Waals surface area contributed by atoms with Crippen LogP contribution in [-0.2, 0) is 26.7 Å². The van der Waals surface area contributed by atoms with Gasteiger partial charge >= 0.3 is 52.6 Å². The van der Waals surface area contributed by atoms with Gasteiger partial charge in [-0.25, -0.2) is 0 Å². The number of hydrogen-bond acceptors (Lipinski definition) is 2. The van der Waals surface area contributed by atoms with E-state index in [1.807, 2.05) is 0 Å². The standard InChI is InChI=1S/Cr.Mg.2H2O.3O/h;;2*1H2;;;/q2*+2;;;;;-2/p-2. The van der Waals surface area contributed by atoms with E-state index in [4.69, 9.17) is 15.9 Å². The Morgan fingerprint density at radius 3 is 1.14 bits per heavy atom. The molecule has 0 bridgehead atoms. The number of rotatable bonds is 0. The third kappa shape index (κ3) is 255. The summed E-state index contributed by atoms with van der Waals surface area (Å²) in [6.07, 6.45) is 0. The summed E-state index contributed by atoms with van der Waals surface area (Å²) in [5.74, 6) is 0. The molecule has 0 spiro atoms. The molecule has 0 aliphatic carbocycles. The summed E-state index contributed by atoms with van der Waals surface area (Å²) in [5, 5.41) is 0. The summed E-state index contributed by atoms with van der Waals surface area (Å²) in [6, 6.07) is 0. The fourth-order valence-electron chi connectivity index (χ4n) is 0. The molecule has 0 atom stereocenters. The maximum atomic E-state index is 8.82. The second-order valence-electron chi connectivity index (χ2n) is 0.448. The summed E-state index contributed by atoms with van der Waals surface area (Å²) in [4.78, 5) is 0. The molecule has 40 valence electrons. The van der Waals surface area contributed by atoms with Crippen LogP contribution < -0.4 is 0 Å². The van der Waals surface area contributed by atoms with Crippen LogP contribution in [0.25, 0.3) is 0 Å². The quantitative estimate of drug-likeness (QED) is 0.404. The zero-order chi connectivity index (χ0) is 4.50. The molecule has 0 aromatic carbocycles. The molecule has 0 saturated carbocycles. The maximum absolute atomic E-state index is 8.82. The van der Waals surface area contributed by atoms with Crippen molar-refractivity contribution in [3.05, 3.63) is 0 Å². The molecular formula is H2CrMgO5. The first-order valence-corrected chi connectivity index (χ1v) is 2.88. The molecular weight excluding hydrogens is 156 g/mol. The zero-order valence-electron chi connectivity index (χ0n) is 3.23. The van der Waals surface area contributed by atoms with Crippen molar-refractivity contribution in [1.82, 2.24) is 0 Å². The Hall–Kier alpha value is 0.779. The van der Waals surface area contributed by atoms with Crippen molar-refractivity contribution in [3.63, 3.8) is 0 Å². The van der Waals surface area contributed by atoms with Gasteiger partial charge in [-0.05, 0) is 0 Å². The molecule has 7 heteroatoms. The van der Waals surface area contributed by atoms with Gasteiger partial charge in [-0.2, -0.15) is 0 Å². The number of hydrogen-bond donors (Lipinski definition) is 2. The van der Waals surface area contributed by atoms with Gasteiger partial charge in [0.1, 0.15) is 0 Å². The first kappa shape index (κ1) is 15.7. The van der Waals surface area contributed by atoms with Crippen molar-refractivity contribution in [1.29, 1.82) is 0 Å². The van der Waals surface area contributed by atoms with E-state index in [0.717, 1.165) is 0 Å². The van der Waals surface area contributed by atoms with Crippen molar-refractivity contribution in [3.8, 4) is 0 Å². The van der Waals surface area contributed by atoms with Gasteiger partial charge in [0.25, 0.3) is 0 Å². The fraction of sp³-hybridized carbons (Fsp3) is 0. The van der Waals surface area contributed by atoms with E-state index < -0.39 is 13.6 Å². The van der Waals surface area contributed by atoms with E-state index in [1.54, 1.807) is 0 Å². The van der Waals surface area contributed by atoms with Crippen LogP contribution in [0.4, 0.5) is 0 Å². The summed E-state index contributed by atoms with van der Waals surface area (Å²) < 4.78 is 31.9. The predicted molar refractivity (Wildman–Crippen MR) is 12.3 cm³/mol. The first-order chi connectivity index (χ1) is 2.00. The predicted octanol–water partition coefficient (Wildman–Crippen LogP) is -1.85. The van der Waals surface area contributed by atoms with Crippen LogP contribution in [0.15, 0.2) is 0 Å². The van der Waals surface area contributed by atoms with Crippen molar-refractivity contribution in [2.45, 2.75) is 0 Å². The van der Waals surface area contributed by atoms with Gasteiger partial charge < -0.3 is 5.48 Å². The van der Waals surface area contributed by atoms with Crippen molar-refractivity contribution in [2.75, 3.05) is 0 Å². The van der Waals surface area contributed by atoms with E-state index in [9.17, 15) is 0 Å². The van der Waals surface area contributed by atoms with E-state index >= 15 is 0 Å². The molecule has 0 amide bonds. The molecule has 0 saturated heterocycles. The van der Waals surface area contributed by atoms with E-state index in [2.05, 4.69) is 0 Å². The van der Waals surface area contributed by atoms with E-state index in [1.165, 1.54) is 0 Å². The minimum atomic E-state index is -5.25. The van der Waals surface area contributed by atoms with Gasteiger partial charge in [-0.1, -0.05) is 0 Å². The van der Waals surface area contributed by atoms with Crippen molar-refractivity contribution in [2.24, 2.45) is 0 Å². The van der Waals surface area contributed by atoms with Crippen LogP contribution in [-0.4, -0.2) is 31.4 Å². The van der Waals surface area contributed by atoms with E-state index in [-0.39, 0.29) is 28.5 Å². The van der Waals surface area contributed by atoms with Crippen LogP contribution in [0.2, 0.25) is 0 Å². The van der Waals surface area contributed by atoms with Crippen LogP contribution in [0.3, 0.4) is 0 Å². The average Bonchev–Trinajstić information content (AvgIpc) is 0.722. The van der Waals surface area contributed by atoms with Crippen LogP contribution in [0.1, 0.15) is 0 Å². The second-order valence-corrected chi connectivity index (χ2v) is 1.85. The van der Waals surface area contributed by atoms with Crippen LogP contribution >= 0.6 is 0 Å². The summed E-state index contributed by atoms with van der Waals surface area (Å²) in [7, 11) is 0. The third-order valence-corrected chi connectivity index (χ3v) is 0. The summed E-state index contributed by atoms with van der Waals surface area (Å²) in [6.45, 7) is 0. The Labute approximate surface area is 58.2 Å². The monoisotopic (exact) mass is 158 g/mol. The zero-order valence-corrected chi connectivity index (χ0v) is 5.92. The Kier molecular flexibility index (Phi) is 11.0. The van der Waals surface area contributed by atoms with Crippen molar-refractivity contribution >= 4 is 23.1 Å². The normalized spacial score (nSPS) is 8.29. The van der Waals surface area contributed by atoms with Crippen LogP contribution in [0.5, 0.6) is 0 Å². The molecule has 0 aromatic heterocycles. The first-order valence-electron chi connectivity index (χ1n) is 0.698. The third-order valence-electron chi connectivity index (χ3n) is 0. The summed E-state index contributed by atoms with van der Waals surface area (Å²) in [5.41, 5.74) is 0. The molecule has 7 heavy (non-hydrogen) atoms. The Balaban J connectivity index is -0.0000000800. The topological polar surface area (TPSA) is 103 Å². The molecule has 0 aliphatic heterocycles. The van der Waals surface area contributed by atoms with Gasteiger partial charge in [0, 0.05) is 0 Å². The fourth-order valence-corrected chi connectivity index (χ4v) is 0. The molecule has 0 aromatic rings. The van der Waals surface area contributed by atoms with E-state index in [0.29, 0.717) is 0 Å². The molecule has 0 heterocycles. The molecule has 0 aliphatic rings. The summed E-state index contributed by atoms with van der Waals surface area (Å²) >= 11 is -5.25. The van der Waals surface area contributed by atoms with Crippen molar-refractivity contribution < 1.29 is 35.0 Å².